The van der Waals surface area contributed by atoms with Crippen molar-refractivity contribution >= 4 is 17.6 Å². The molecule has 28 heavy (non-hydrogen) atoms. The van der Waals surface area contributed by atoms with Gasteiger partial charge in [-0.2, -0.15) is 0 Å². The highest BCUT2D eigenvalue weighted by atomic mass is 16.6. The van der Waals surface area contributed by atoms with E-state index in [0.717, 1.165) is 0 Å². The Morgan fingerprint density at radius 3 is 2.43 bits per heavy atom. The number of amides is 1. The fraction of sp³-hybridized carbons (Fsp3) is 0.333. The molecule has 150 valence electrons. The molecule has 0 aromatic heterocycles. The summed E-state index contributed by atoms with van der Waals surface area (Å²) in [5.74, 6) is 0.285. The normalized spacial score (nSPS) is 11.4. The maximum Gasteiger partial charge on any atom is 0.347 e. The summed E-state index contributed by atoms with van der Waals surface area (Å²) in [6.07, 6.45) is -0.769. The van der Waals surface area contributed by atoms with Crippen LogP contribution in [0, 0.1) is 0 Å². The van der Waals surface area contributed by atoms with Crippen LogP contribution < -0.4 is 14.8 Å². The van der Waals surface area contributed by atoms with Crippen molar-refractivity contribution in [2.45, 2.75) is 20.0 Å². The number of nitrogens with one attached hydrogen (secondary N) is 1. The van der Waals surface area contributed by atoms with Crippen molar-refractivity contribution in [2.75, 3.05) is 32.2 Å². The van der Waals surface area contributed by atoms with E-state index in [-0.39, 0.29) is 12.5 Å². The molecule has 0 saturated carbocycles. The molecule has 0 radical (unpaired) electrons. The maximum absolute atomic E-state index is 12.4. The van der Waals surface area contributed by atoms with E-state index in [2.05, 4.69) is 5.32 Å². The van der Waals surface area contributed by atoms with E-state index < -0.39 is 12.1 Å². The number of hydrogen-bond acceptors (Lipinski definition) is 6. The van der Waals surface area contributed by atoms with Gasteiger partial charge < -0.3 is 24.3 Å². The smallest absolute Gasteiger partial charge is 0.347 e. The molecule has 1 N–H and O–H groups in total. The number of anilines is 1. The Balaban J connectivity index is 1.90. The minimum absolute atomic E-state index is 0.183. The van der Waals surface area contributed by atoms with Crippen molar-refractivity contribution in [3.8, 4) is 11.5 Å². The second-order valence-corrected chi connectivity index (χ2v) is 5.80. The van der Waals surface area contributed by atoms with Gasteiger partial charge in [-0.15, -0.1) is 0 Å². The van der Waals surface area contributed by atoms with Gasteiger partial charge in [-0.3, -0.25) is 4.79 Å². The van der Waals surface area contributed by atoms with Gasteiger partial charge in [-0.25, -0.2) is 4.79 Å². The molecule has 0 unspecified atom stereocenters. The van der Waals surface area contributed by atoms with E-state index in [4.69, 9.17) is 18.9 Å². The van der Waals surface area contributed by atoms with E-state index in [0.29, 0.717) is 36.0 Å². The average molecular weight is 387 g/mol. The predicted molar refractivity (Wildman–Crippen MR) is 105 cm³/mol. The van der Waals surface area contributed by atoms with Gasteiger partial charge >= 0.3 is 5.97 Å². The SMILES string of the molecule is CCOCCOC(=O)[C@H](C)Oc1ccc(C(=O)Nc2ccccc2OC)cc1. The average Bonchev–Trinajstić information content (AvgIpc) is 2.72. The maximum atomic E-state index is 12.4. The van der Waals surface area contributed by atoms with E-state index in [1.54, 1.807) is 50.4 Å². The highest BCUT2D eigenvalue weighted by Crippen LogP contribution is 2.24. The lowest BCUT2D eigenvalue weighted by molar-refractivity contribution is -0.152. The monoisotopic (exact) mass is 387 g/mol. The zero-order valence-electron chi connectivity index (χ0n) is 16.3. The fourth-order valence-corrected chi connectivity index (χ4v) is 2.34. The van der Waals surface area contributed by atoms with Gasteiger partial charge in [0.15, 0.2) is 6.10 Å². The molecule has 0 fully saturated rings. The minimum atomic E-state index is -0.769. The molecule has 2 aromatic carbocycles. The van der Waals surface area contributed by atoms with Crippen molar-refractivity contribution in [1.82, 2.24) is 0 Å². The number of rotatable bonds is 10. The zero-order valence-corrected chi connectivity index (χ0v) is 16.3. The molecule has 1 amide bonds. The van der Waals surface area contributed by atoms with Crippen LogP contribution in [0.4, 0.5) is 5.69 Å². The van der Waals surface area contributed by atoms with Gasteiger partial charge in [0, 0.05) is 12.2 Å². The lowest BCUT2D eigenvalue weighted by Crippen LogP contribution is -2.27. The molecule has 0 spiro atoms. The number of carbonyl (C=O) groups is 2. The van der Waals surface area contributed by atoms with Crippen molar-refractivity contribution in [3.63, 3.8) is 0 Å². The molecule has 0 saturated heterocycles. The van der Waals surface area contributed by atoms with Gasteiger partial charge in [0.2, 0.25) is 0 Å². The number of ether oxygens (including phenoxy) is 4. The summed E-state index contributed by atoms with van der Waals surface area (Å²) in [6, 6.07) is 13.6. The topological polar surface area (TPSA) is 83.1 Å². The second kappa shape index (κ2) is 10.9. The summed E-state index contributed by atoms with van der Waals surface area (Å²) in [6.45, 7) is 4.58. The minimum Gasteiger partial charge on any atom is -0.495 e. The Morgan fingerprint density at radius 2 is 1.75 bits per heavy atom. The summed E-state index contributed by atoms with van der Waals surface area (Å²) in [4.78, 5) is 24.3. The van der Waals surface area contributed by atoms with E-state index >= 15 is 0 Å². The van der Waals surface area contributed by atoms with Crippen LogP contribution in [-0.2, 0) is 14.3 Å². The van der Waals surface area contributed by atoms with Gasteiger partial charge in [0.05, 0.1) is 19.4 Å². The molecule has 1 atom stereocenters. The van der Waals surface area contributed by atoms with E-state index in [1.807, 2.05) is 19.1 Å². The molecule has 0 aliphatic carbocycles. The molecular weight excluding hydrogens is 362 g/mol. The van der Waals surface area contributed by atoms with Crippen LogP contribution >= 0.6 is 0 Å². The zero-order chi connectivity index (χ0) is 20.4. The van der Waals surface area contributed by atoms with Crippen LogP contribution in [0.25, 0.3) is 0 Å². The molecule has 7 nitrogen and oxygen atoms in total. The molecule has 0 heterocycles. The lowest BCUT2D eigenvalue weighted by Gasteiger charge is -2.14. The van der Waals surface area contributed by atoms with Gasteiger partial charge in [0.25, 0.3) is 5.91 Å². The van der Waals surface area contributed by atoms with E-state index in [9.17, 15) is 9.59 Å². The Labute approximate surface area is 164 Å². The number of para-hydroxylation sites is 2. The summed E-state index contributed by atoms with van der Waals surface area (Å²) in [7, 11) is 1.54. The second-order valence-electron chi connectivity index (χ2n) is 5.80. The molecule has 7 heteroatoms. The summed E-state index contributed by atoms with van der Waals surface area (Å²) in [5.41, 5.74) is 1.03. The van der Waals surface area contributed by atoms with Crippen LogP contribution in [0.3, 0.4) is 0 Å². The van der Waals surface area contributed by atoms with Crippen LogP contribution in [0.5, 0.6) is 11.5 Å². The molecule has 0 aliphatic heterocycles. The number of hydrogen-bond donors (Lipinski definition) is 1. The Morgan fingerprint density at radius 1 is 1.04 bits per heavy atom. The standard InChI is InChI=1S/C21H25NO6/c1-4-26-13-14-27-21(24)15(2)28-17-11-9-16(10-12-17)20(23)22-18-7-5-6-8-19(18)25-3/h5-12,15H,4,13-14H2,1-3H3,(H,22,23)/t15-/m0/s1. The molecular formula is C21H25NO6. The van der Waals surface area contributed by atoms with Crippen LogP contribution in [-0.4, -0.2) is 44.9 Å². The predicted octanol–water partition coefficient (Wildman–Crippen LogP) is 3.29. The molecule has 2 rings (SSSR count). The molecule has 0 aliphatic rings. The third kappa shape index (κ3) is 6.28. The molecule has 2 aromatic rings. The van der Waals surface area contributed by atoms with Crippen molar-refractivity contribution in [3.05, 3.63) is 54.1 Å². The number of esters is 1. The van der Waals surface area contributed by atoms with Crippen LogP contribution in [0.1, 0.15) is 24.2 Å². The third-order valence-electron chi connectivity index (χ3n) is 3.79. The van der Waals surface area contributed by atoms with E-state index in [1.165, 1.54) is 0 Å². The summed E-state index contributed by atoms with van der Waals surface area (Å²) < 4.78 is 21.0. The Hall–Kier alpha value is -3.06. The fourth-order valence-electron chi connectivity index (χ4n) is 2.34. The Bertz CT molecular complexity index is 775. The number of benzene rings is 2. The van der Waals surface area contributed by atoms with Crippen molar-refractivity contribution in [1.29, 1.82) is 0 Å². The first-order valence-electron chi connectivity index (χ1n) is 9.00. The first-order valence-corrected chi connectivity index (χ1v) is 9.00. The molecule has 0 bridgehead atoms. The number of carbonyl (C=O) groups excluding carboxylic acids is 2. The summed E-state index contributed by atoms with van der Waals surface area (Å²) in [5, 5.41) is 2.80. The first kappa shape index (κ1) is 21.2. The van der Waals surface area contributed by atoms with Crippen LogP contribution in [0.2, 0.25) is 0 Å². The quantitative estimate of drug-likeness (QED) is 0.498. The highest BCUT2D eigenvalue weighted by molar-refractivity contribution is 6.05. The lowest BCUT2D eigenvalue weighted by atomic mass is 10.2. The van der Waals surface area contributed by atoms with Gasteiger partial charge in [-0.05, 0) is 50.2 Å². The van der Waals surface area contributed by atoms with Gasteiger partial charge in [0.1, 0.15) is 18.1 Å². The van der Waals surface area contributed by atoms with Crippen molar-refractivity contribution < 1.29 is 28.5 Å². The van der Waals surface area contributed by atoms with Crippen molar-refractivity contribution in [2.24, 2.45) is 0 Å². The summed E-state index contributed by atoms with van der Waals surface area (Å²) >= 11 is 0. The highest BCUT2D eigenvalue weighted by Gasteiger charge is 2.16. The van der Waals surface area contributed by atoms with Gasteiger partial charge in [-0.1, -0.05) is 12.1 Å². The van der Waals surface area contributed by atoms with Crippen LogP contribution in [0.15, 0.2) is 48.5 Å². The Kier molecular flexibility index (Phi) is 8.30. The first-order chi connectivity index (χ1) is 13.5. The third-order valence-corrected chi connectivity index (χ3v) is 3.79. The number of methoxy groups -OCH3 is 1. The largest absolute Gasteiger partial charge is 0.495 e.